The van der Waals surface area contributed by atoms with Crippen molar-refractivity contribution in [1.29, 1.82) is 0 Å². The van der Waals surface area contributed by atoms with E-state index in [4.69, 9.17) is 4.74 Å². The van der Waals surface area contributed by atoms with Crippen LogP contribution in [0.3, 0.4) is 0 Å². The molecule has 3 atom stereocenters. The molecule has 3 fully saturated rings. The Kier molecular flexibility index (Phi) is 4.83. The van der Waals surface area contributed by atoms with Crippen LogP contribution < -0.4 is 0 Å². The summed E-state index contributed by atoms with van der Waals surface area (Å²) in [7, 11) is 0. The summed E-state index contributed by atoms with van der Waals surface area (Å²) in [6.07, 6.45) is -2.13. The van der Waals surface area contributed by atoms with Crippen LogP contribution in [-0.4, -0.2) is 78.0 Å². The second-order valence-corrected chi connectivity index (χ2v) is 7.14. The molecule has 8 heteroatoms. The van der Waals surface area contributed by atoms with E-state index in [9.17, 15) is 23.1 Å². The van der Waals surface area contributed by atoms with E-state index in [1.54, 1.807) is 0 Å². The highest BCUT2D eigenvalue weighted by atomic mass is 19.4. The lowest BCUT2D eigenvalue weighted by atomic mass is 9.58. The SMILES string of the molecule is CCOC1CC(O)C12CCN(C1CCN(CC(F)(F)F)C1=O)CC2. The third-order valence-corrected chi connectivity index (χ3v) is 5.92. The van der Waals surface area contributed by atoms with Crippen molar-refractivity contribution in [3.8, 4) is 0 Å². The zero-order chi connectivity index (χ0) is 17.5. The fourth-order valence-corrected chi connectivity index (χ4v) is 4.50. The predicted molar refractivity (Wildman–Crippen MR) is 80.3 cm³/mol. The van der Waals surface area contributed by atoms with Gasteiger partial charge < -0.3 is 14.7 Å². The van der Waals surface area contributed by atoms with Crippen LogP contribution in [0.5, 0.6) is 0 Å². The molecule has 2 heterocycles. The van der Waals surface area contributed by atoms with E-state index in [1.807, 2.05) is 11.8 Å². The number of amides is 1. The molecule has 0 aromatic carbocycles. The van der Waals surface area contributed by atoms with Crippen LogP contribution in [0.15, 0.2) is 0 Å². The van der Waals surface area contributed by atoms with Crippen molar-refractivity contribution < 1.29 is 27.8 Å². The highest BCUT2D eigenvalue weighted by Gasteiger charge is 2.57. The van der Waals surface area contributed by atoms with Crippen LogP contribution in [0, 0.1) is 5.41 Å². The van der Waals surface area contributed by atoms with Gasteiger partial charge in [0.2, 0.25) is 5.91 Å². The Bertz CT molecular complexity index is 476. The number of ether oxygens (including phenoxy) is 1. The van der Waals surface area contributed by atoms with Gasteiger partial charge in [0.05, 0.1) is 18.2 Å². The minimum atomic E-state index is -4.35. The summed E-state index contributed by atoms with van der Waals surface area (Å²) in [5.41, 5.74) is -0.236. The lowest BCUT2D eigenvalue weighted by molar-refractivity contribution is -0.211. The van der Waals surface area contributed by atoms with E-state index in [0.717, 1.165) is 17.7 Å². The molecule has 3 rings (SSSR count). The number of alkyl halides is 3. The monoisotopic (exact) mass is 350 g/mol. The molecule has 2 saturated heterocycles. The van der Waals surface area contributed by atoms with Gasteiger partial charge in [0.25, 0.3) is 0 Å². The number of carbonyl (C=O) groups is 1. The number of halogens is 3. The lowest BCUT2D eigenvalue weighted by Crippen LogP contribution is -2.63. The normalized spacial score (nSPS) is 34.0. The zero-order valence-electron chi connectivity index (χ0n) is 13.9. The summed E-state index contributed by atoms with van der Waals surface area (Å²) in [6, 6.07) is -0.451. The molecule has 1 spiro atoms. The average Bonchev–Trinajstić information content (AvgIpc) is 2.86. The average molecular weight is 350 g/mol. The number of rotatable bonds is 4. The fraction of sp³-hybridized carbons (Fsp3) is 0.938. The van der Waals surface area contributed by atoms with Gasteiger partial charge in [-0.2, -0.15) is 13.2 Å². The number of likely N-dealkylation sites (tertiary alicyclic amines) is 2. The standard InChI is InChI=1S/C16H25F3N2O3/c1-2-24-13-9-12(22)15(13)4-7-20(8-5-15)11-3-6-21(14(11)23)10-16(17,18)19/h11-13,22H,2-10H2,1H3. The quantitative estimate of drug-likeness (QED) is 0.833. The molecule has 1 N–H and O–H groups in total. The van der Waals surface area contributed by atoms with Gasteiger partial charge >= 0.3 is 6.18 Å². The molecular formula is C16H25F3N2O3. The maximum absolute atomic E-state index is 12.5. The van der Waals surface area contributed by atoms with E-state index < -0.39 is 24.7 Å². The Morgan fingerprint density at radius 3 is 2.50 bits per heavy atom. The second kappa shape index (κ2) is 6.46. The number of hydrogen-bond acceptors (Lipinski definition) is 4. The number of nitrogens with zero attached hydrogens (tertiary/aromatic N) is 2. The third-order valence-electron chi connectivity index (χ3n) is 5.92. The van der Waals surface area contributed by atoms with Crippen molar-refractivity contribution in [2.45, 2.75) is 57.0 Å². The van der Waals surface area contributed by atoms with Crippen LogP contribution >= 0.6 is 0 Å². The smallest absolute Gasteiger partial charge is 0.392 e. The molecule has 0 bridgehead atoms. The van der Waals surface area contributed by atoms with Gasteiger partial charge in [0.15, 0.2) is 0 Å². The highest BCUT2D eigenvalue weighted by molar-refractivity contribution is 5.84. The molecule has 24 heavy (non-hydrogen) atoms. The number of aliphatic hydroxyl groups is 1. The van der Waals surface area contributed by atoms with Crippen molar-refractivity contribution in [1.82, 2.24) is 9.80 Å². The zero-order valence-corrected chi connectivity index (χ0v) is 13.9. The molecule has 0 aromatic heterocycles. The summed E-state index contributed by atoms with van der Waals surface area (Å²) in [6.45, 7) is 2.78. The predicted octanol–water partition coefficient (Wildman–Crippen LogP) is 1.40. The Hall–Kier alpha value is -0.860. The lowest BCUT2D eigenvalue weighted by Gasteiger charge is -2.57. The molecular weight excluding hydrogens is 325 g/mol. The molecule has 2 aliphatic heterocycles. The van der Waals surface area contributed by atoms with E-state index in [2.05, 4.69) is 0 Å². The van der Waals surface area contributed by atoms with Gasteiger partial charge in [-0.25, -0.2) is 0 Å². The highest BCUT2D eigenvalue weighted by Crippen LogP contribution is 2.51. The Morgan fingerprint density at radius 2 is 1.96 bits per heavy atom. The van der Waals surface area contributed by atoms with E-state index in [-0.39, 0.29) is 24.2 Å². The van der Waals surface area contributed by atoms with Gasteiger partial charge in [0.1, 0.15) is 6.54 Å². The Balaban J connectivity index is 1.57. The number of hydrogen-bond donors (Lipinski definition) is 1. The van der Waals surface area contributed by atoms with Gasteiger partial charge in [-0.1, -0.05) is 0 Å². The molecule has 3 unspecified atom stereocenters. The molecule has 1 saturated carbocycles. The van der Waals surface area contributed by atoms with Crippen molar-refractivity contribution >= 4 is 5.91 Å². The van der Waals surface area contributed by atoms with Crippen LogP contribution in [0.1, 0.15) is 32.6 Å². The maximum atomic E-state index is 12.5. The van der Waals surface area contributed by atoms with Crippen LogP contribution in [0.4, 0.5) is 13.2 Å². The maximum Gasteiger partial charge on any atom is 0.406 e. The molecule has 0 aromatic rings. The van der Waals surface area contributed by atoms with Crippen LogP contribution in [0.2, 0.25) is 0 Å². The van der Waals surface area contributed by atoms with E-state index >= 15 is 0 Å². The molecule has 3 aliphatic rings. The molecule has 1 aliphatic carbocycles. The van der Waals surface area contributed by atoms with Gasteiger partial charge in [-0.05, 0) is 39.3 Å². The van der Waals surface area contributed by atoms with Gasteiger partial charge in [0, 0.05) is 25.0 Å². The van der Waals surface area contributed by atoms with Crippen molar-refractivity contribution in [3.05, 3.63) is 0 Å². The third kappa shape index (κ3) is 3.15. The first kappa shape index (κ1) is 17.9. The van der Waals surface area contributed by atoms with Gasteiger partial charge in [-0.15, -0.1) is 0 Å². The summed E-state index contributed by atoms with van der Waals surface area (Å²) in [4.78, 5) is 15.2. The first-order chi connectivity index (χ1) is 11.3. The summed E-state index contributed by atoms with van der Waals surface area (Å²) in [5.74, 6) is -0.418. The summed E-state index contributed by atoms with van der Waals surface area (Å²) < 4.78 is 43.3. The molecule has 0 radical (unpaired) electrons. The first-order valence-corrected chi connectivity index (χ1v) is 8.66. The first-order valence-electron chi connectivity index (χ1n) is 8.66. The minimum absolute atomic E-state index is 0.0562. The summed E-state index contributed by atoms with van der Waals surface area (Å²) >= 11 is 0. The van der Waals surface area contributed by atoms with Crippen LogP contribution in [0.25, 0.3) is 0 Å². The number of carbonyl (C=O) groups excluding carboxylic acids is 1. The topological polar surface area (TPSA) is 53.0 Å². The van der Waals surface area contributed by atoms with Crippen molar-refractivity contribution in [2.24, 2.45) is 5.41 Å². The van der Waals surface area contributed by atoms with E-state index in [1.165, 1.54) is 0 Å². The Morgan fingerprint density at radius 1 is 1.29 bits per heavy atom. The van der Waals surface area contributed by atoms with Crippen molar-refractivity contribution in [2.75, 3.05) is 32.8 Å². The minimum Gasteiger partial charge on any atom is -0.392 e. The number of aliphatic hydroxyl groups excluding tert-OH is 1. The summed E-state index contributed by atoms with van der Waals surface area (Å²) in [5, 5.41) is 10.2. The Labute approximate surface area is 139 Å². The molecule has 1 amide bonds. The molecule has 5 nitrogen and oxygen atoms in total. The fourth-order valence-electron chi connectivity index (χ4n) is 4.50. The van der Waals surface area contributed by atoms with Crippen molar-refractivity contribution in [3.63, 3.8) is 0 Å². The number of piperidine rings is 1. The van der Waals surface area contributed by atoms with Gasteiger partial charge in [-0.3, -0.25) is 9.69 Å². The molecule has 138 valence electrons. The van der Waals surface area contributed by atoms with E-state index in [0.29, 0.717) is 32.5 Å². The van der Waals surface area contributed by atoms with Crippen LogP contribution in [-0.2, 0) is 9.53 Å². The second-order valence-electron chi connectivity index (χ2n) is 7.14. The largest absolute Gasteiger partial charge is 0.406 e.